The van der Waals surface area contributed by atoms with Gasteiger partial charge in [0, 0.05) is 32.5 Å². The molecule has 0 amide bonds. The molecule has 4 heterocycles. The van der Waals surface area contributed by atoms with Crippen LogP contribution in [-0.2, 0) is 0 Å². The minimum atomic E-state index is 0.630. The molecule has 0 fully saturated rings. The summed E-state index contributed by atoms with van der Waals surface area (Å²) in [6.07, 6.45) is 0. The molecular formula is C58H34N4O. The van der Waals surface area contributed by atoms with Crippen molar-refractivity contribution in [1.82, 2.24) is 19.1 Å². The molecule has 63 heavy (non-hydrogen) atoms. The molecule has 292 valence electrons. The van der Waals surface area contributed by atoms with E-state index in [9.17, 15) is 0 Å². The van der Waals surface area contributed by atoms with E-state index >= 15 is 0 Å². The average Bonchev–Trinajstić information content (AvgIpc) is 3.86. The van der Waals surface area contributed by atoms with Crippen molar-refractivity contribution in [2.45, 2.75) is 0 Å². The second-order valence-corrected chi connectivity index (χ2v) is 16.5. The molecule has 3 aromatic heterocycles. The topological polar surface area (TPSA) is 44.9 Å². The number of hydrogen-bond acceptors (Lipinski definition) is 3. The van der Waals surface area contributed by atoms with Crippen LogP contribution in [0.3, 0.4) is 0 Å². The first kappa shape index (κ1) is 34.2. The Morgan fingerprint density at radius 1 is 0.349 bits per heavy atom. The van der Waals surface area contributed by atoms with Crippen molar-refractivity contribution in [3.05, 3.63) is 206 Å². The largest absolute Gasteiger partial charge is 0.456 e. The first-order chi connectivity index (χ1) is 31.2. The fourth-order valence-electron chi connectivity index (χ4n) is 10.3. The fourth-order valence-corrected chi connectivity index (χ4v) is 10.3. The van der Waals surface area contributed by atoms with Crippen molar-refractivity contribution in [3.63, 3.8) is 0 Å². The van der Waals surface area contributed by atoms with Crippen LogP contribution in [0.4, 0.5) is 0 Å². The second kappa shape index (κ2) is 13.0. The molecule has 0 aliphatic carbocycles. The highest BCUT2D eigenvalue weighted by molar-refractivity contribution is 6.23. The van der Waals surface area contributed by atoms with Crippen LogP contribution in [0, 0.1) is 0 Å². The summed E-state index contributed by atoms with van der Waals surface area (Å²) in [6.45, 7) is 0. The van der Waals surface area contributed by atoms with Gasteiger partial charge in [-0.1, -0.05) is 146 Å². The average molecular weight is 803 g/mol. The van der Waals surface area contributed by atoms with E-state index in [1.165, 1.54) is 54.5 Å². The molecule has 1 aliphatic heterocycles. The Morgan fingerprint density at radius 2 is 1.05 bits per heavy atom. The Hall–Kier alpha value is -8.54. The Labute approximate surface area is 361 Å². The van der Waals surface area contributed by atoms with Crippen LogP contribution in [0.2, 0.25) is 0 Å². The predicted octanol–water partition coefficient (Wildman–Crippen LogP) is 15.2. The summed E-state index contributed by atoms with van der Waals surface area (Å²) >= 11 is 0. The standard InChI is InChI=1S/C58H34N4O/c1-2-13-35(14-3-1)39-29-32-49(42-18-7-6-17-41(39)42)61-50-30-27-37(33-46(50)55-40-16-5-4-15-36(40)26-31-51(55)61)38-25-28-44-43-19-8-10-22-48(43)62(52(44)34-38)58-59-47-21-12-24-54-56(47)57(60-58)45-20-9-11-23-53(45)63-54/h1-34H. The van der Waals surface area contributed by atoms with Gasteiger partial charge in [0.15, 0.2) is 0 Å². The molecule has 10 aromatic carbocycles. The SMILES string of the molecule is c1ccc(-c2ccc(-n3c4ccc(-c5ccc6c7ccccc7n(-c7nc8c9c(cccc9n7)Oc7ccccc7-8)c6c5)cc4c4c5ccccc5ccc43)c3ccccc23)cc1. The lowest BCUT2D eigenvalue weighted by atomic mass is 9.97. The zero-order chi connectivity index (χ0) is 41.2. The second-order valence-electron chi connectivity index (χ2n) is 16.5. The lowest BCUT2D eigenvalue weighted by Gasteiger charge is -2.21. The van der Waals surface area contributed by atoms with E-state index in [4.69, 9.17) is 14.7 Å². The zero-order valence-electron chi connectivity index (χ0n) is 33.8. The number of hydrogen-bond donors (Lipinski definition) is 0. The van der Waals surface area contributed by atoms with Crippen molar-refractivity contribution in [3.8, 4) is 56.6 Å². The van der Waals surface area contributed by atoms with Crippen LogP contribution in [0.1, 0.15) is 0 Å². The Kier molecular flexibility index (Phi) is 7.05. The lowest BCUT2D eigenvalue weighted by molar-refractivity contribution is 0.486. The highest BCUT2D eigenvalue weighted by Crippen LogP contribution is 2.46. The summed E-state index contributed by atoms with van der Waals surface area (Å²) < 4.78 is 11.0. The van der Waals surface area contributed by atoms with E-state index in [1.54, 1.807) is 0 Å². The van der Waals surface area contributed by atoms with Crippen LogP contribution >= 0.6 is 0 Å². The maximum absolute atomic E-state index is 6.34. The first-order valence-corrected chi connectivity index (χ1v) is 21.4. The quantitative estimate of drug-likeness (QED) is 0.178. The molecule has 0 saturated heterocycles. The highest BCUT2D eigenvalue weighted by Gasteiger charge is 2.25. The van der Waals surface area contributed by atoms with Crippen LogP contribution in [-0.4, -0.2) is 19.1 Å². The van der Waals surface area contributed by atoms with Crippen molar-refractivity contribution in [2.24, 2.45) is 0 Å². The van der Waals surface area contributed by atoms with Gasteiger partial charge in [0.05, 0.1) is 44.4 Å². The highest BCUT2D eigenvalue weighted by atomic mass is 16.5. The molecule has 0 spiro atoms. The van der Waals surface area contributed by atoms with E-state index in [2.05, 4.69) is 185 Å². The molecule has 13 aromatic rings. The minimum Gasteiger partial charge on any atom is -0.456 e. The molecule has 0 radical (unpaired) electrons. The Bertz CT molecular complexity index is 4070. The van der Waals surface area contributed by atoms with E-state index in [0.29, 0.717) is 5.95 Å². The Balaban J connectivity index is 1.01. The van der Waals surface area contributed by atoms with Crippen molar-refractivity contribution in [2.75, 3.05) is 0 Å². The first-order valence-electron chi connectivity index (χ1n) is 21.4. The molecule has 0 unspecified atom stereocenters. The molecule has 0 bridgehead atoms. The van der Waals surface area contributed by atoms with Gasteiger partial charge in [-0.2, -0.15) is 0 Å². The van der Waals surface area contributed by atoms with Crippen LogP contribution in [0.5, 0.6) is 11.5 Å². The van der Waals surface area contributed by atoms with Crippen LogP contribution in [0.25, 0.3) is 121 Å². The molecule has 0 N–H and O–H groups in total. The van der Waals surface area contributed by atoms with Gasteiger partial charge in [-0.15, -0.1) is 0 Å². The van der Waals surface area contributed by atoms with Crippen LogP contribution < -0.4 is 4.74 Å². The monoisotopic (exact) mass is 802 g/mol. The van der Waals surface area contributed by atoms with Gasteiger partial charge in [-0.25, -0.2) is 9.97 Å². The summed E-state index contributed by atoms with van der Waals surface area (Å²) in [5.41, 5.74) is 13.0. The van der Waals surface area contributed by atoms with E-state index in [0.717, 1.165) is 72.3 Å². The summed E-state index contributed by atoms with van der Waals surface area (Å²) in [6, 6.07) is 74.0. The predicted molar refractivity (Wildman–Crippen MR) is 260 cm³/mol. The van der Waals surface area contributed by atoms with Crippen molar-refractivity contribution in [1.29, 1.82) is 0 Å². The van der Waals surface area contributed by atoms with E-state index in [-0.39, 0.29) is 0 Å². The van der Waals surface area contributed by atoms with Gasteiger partial charge < -0.3 is 9.30 Å². The van der Waals surface area contributed by atoms with Gasteiger partial charge >= 0.3 is 0 Å². The summed E-state index contributed by atoms with van der Waals surface area (Å²) in [4.78, 5) is 10.6. The minimum absolute atomic E-state index is 0.630. The third kappa shape index (κ3) is 4.93. The van der Waals surface area contributed by atoms with Gasteiger partial charge in [0.25, 0.3) is 0 Å². The maximum Gasteiger partial charge on any atom is 0.235 e. The van der Waals surface area contributed by atoms with Crippen molar-refractivity contribution >= 4 is 76.1 Å². The van der Waals surface area contributed by atoms with Crippen molar-refractivity contribution < 1.29 is 4.74 Å². The third-order valence-corrected chi connectivity index (χ3v) is 13.1. The summed E-state index contributed by atoms with van der Waals surface area (Å²) in [5, 5.41) is 10.6. The maximum atomic E-state index is 6.34. The number of para-hydroxylation sites is 2. The normalized spacial score (nSPS) is 12.3. The molecule has 5 nitrogen and oxygen atoms in total. The summed E-state index contributed by atoms with van der Waals surface area (Å²) in [7, 11) is 0. The molecular weight excluding hydrogens is 769 g/mol. The van der Waals surface area contributed by atoms with Gasteiger partial charge in [0.1, 0.15) is 11.5 Å². The molecule has 14 rings (SSSR count). The number of fused-ring (bicyclic) bond motifs is 11. The fraction of sp³-hybridized carbons (Fsp3) is 0. The third-order valence-electron chi connectivity index (χ3n) is 13.1. The number of nitrogens with zero attached hydrogens (tertiary/aromatic N) is 4. The molecule has 0 saturated carbocycles. The van der Waals surface area contributed by atoms with Gasteiger partial charge in [-0.05, 0) is 99.1 Å². The zero-order valence-corrected chi connectivity index (χ0v) is 33.8. The summed E-state index contributed by atoms with van der Waals surface area (Å²) in [5.74, 6) is 2.21. The van der Waals surface area contributed by atoms with Crippen LogP contribution in [0.15, 0.2) is 206 Å². The van der Waals surface area contributed by atoms with E-state index in [1.807, 2.05) is 30.3 Å². The molecule has 5 heteroatoms. The van der Waals surface area contributed by atoms with Gasteiger partial charge in [0.2, 0.25) is 5.95 Å². The number of rotatable bonds is 4. The number of ether oxygens (including phenoxy) is 1. The lowest BCUT2D eigenvalue weighted by Crippen LogP contribution is -2.06. The molecule has 0 atom stereocenters. The Morgan fingerprint density at radius 3 is 1.97 bits per heavy atom. The van der Waals surface area contributed by atoms with Gasteiger partial charge in [-0.3, -0.25) is 4.57 Å². The number of aromatic nitrogens is 4. The van der Waals surface area contributed by atoms with E-state index < -0.39 is 0 Å². The molecule has 1 aliphatic rings. The smallest absolute Gasteiger partial charge is 0.235 e. The number of benzene rings is 10.